The van der Waals surface area contributed by atoms with Crippen LogP contribution in [0.3, 0.4) is 0 Å². The Kier molecular flexibility index (Phi) is 29.1. The van der Waals surface area contributed by atoms with Gasteiger partial charge in [-0.15, -0.1) is 0 Å². The third-order valence-electron chi connectivity index (χ3n) is 15.2. The zero-order valence-corrected chi connectivity index (χ0v) is 53.8. The van der Waals surface area contributed by atoms with Crippen LogP contribution in [0.2, 0.25) is 0 Å². The van der Waals surface area contributed by atoms with E-state index in [2.05, 4.69) is 0 Å². The normalized spacial score (nSPS) is 22.7. The molecular formula is C72H84O22. The Balaban J connectivity index is 1.24. The number of rotatable bonds is 36. The van der Waals surface area contributed by atoms with Crippen molar-refractivity contribution >= 4 is 29.8 Å². The fraction of sp³-hybridized carbons (Fsp3) is 0.431. The van der Waals surface area contributed by atoms with Gasteiger partial charge in [0.25, 0.3) is 0 Å². The van der Waals surface area contributed by atoms with Crippen LogP contribution in [-0.4, -0.2) is 156 Å². The summed E-state index contributed by atoms with van der Waals surface area (Å²) in [5.74, 6) is -4.66. The first-order valence-corrected chi connectivity index (χ1v) is 31.0. The lowest BCUT2D eigenvalue weighted by molar-refractivity contribution is -0.341. The maximum Gasteiger partial charge on any atom is 0.303 e. The van der Waals surface area contributed by atoms with E-state index in [1.54, 1.807) is 0 Å². The van der Waals surface area contributed by atoms with Gasteiger partial charge in [-0.2, -0.15) is 0 Å². The highest BCUT2D eigenvalue weighted by molar-refractivity contribution is 5.69. The number of esters is 5. The second kappa shape index (κ2) is 37.9. The molecule has 0 saturated carbocycles. The maximum absolute atomic E-state index is 13.8. The van der Waals surface area contributed by atoms with E-state index in [4.69, 9.17) is 80.5 Å². The number of hydrogen-bond donors (Lipinski definition) is 0. The fourth-order valence-corrected chi connectivity index (χ4v) is 10.9. The zero-order chi connectivity index (χ0) is 66.6. The zero-order valence-electron chi connectivity index (χ0n) is 53.8. The summed E-state index contributed by atoms with van der Waals surface area (Å²) in [6, 6.07) is 57.0. The van der Waals surface area contributed by atoms with E-state index in [0.717, 1.165) is 68.0 Å². The smallest absolute Gasteiger partial charge is 0.303 e. The molecule has 504 valence electrons. The molecule has 22 nitrogen and oxygen atoms in total. The highest BCUT2D eigenvalue weighted by atomic mass is 16.8. The van der Waals surface area contributed by atoms with Crippen molar-refractivity contribution in [3.05, 3.63) is 215 Å². The van der Waals surface area contributed by atoms with Gasteiger partial charge in [0.1, 0.15) is 55.4 Å². The minimum atomic E-state index is -1.99. The van der Waals surface area contributed by atoms with Gasteiger partial charge in [-0.05, 0) is 33.4 Å². The molecule has 2 heterocycles. The maximum atomic E-state index is 13.8. The van der Waals surface area contributed by atoms with E-state index in [9.17, 15) is 24.0 Å². The molecule has 0 aromatic heterocycles. The topological polar surface area (TPSA) is 242 Å². The van der Waals surface area contributed by atoms with Gasteiger partial charge in [-0.3, -0.25) is 24.0 Å². The highest BCUT2D eigenvalue weighted by Gasteiger charge is 2.53. The van der Waals surface area contributed by atoms with Crippen LogP contribution in [0.1, 0.15) is 68.0 Å². The minimum absolute atomic E-state index is 0.0434. The lowest BCUT2D eigenvalue weighted by atomic mass is 9.97. The molecule has 2 saturated heterocycles. The standard InChI is InChI=1S/C72H84O22/c1-47(73)80-44-60(89-48(2)74)63(90-49(3)75)66(91-50(4)76)69(92-51(5)77)72(87-45-58-61(81-38-52-26-14-8-15-27-52)64(83-40-54-30-18-10-19-31-54)67(70(78-6)93-58)85-42-56-34-22-12-23-35-56)88-46-59-62(82-39-53-28-16-9-17-29-53)65(84-41-55-32-20-11-21-33-55)68(71(79-7)94-59)86-43-57-36-24-13-25-37-57/h8-37,58-72H,38-46H2,1-7H3/t58-,59-,60+,61-,62-,63+,64+,65+,66-,67-,68-,69+,70+,71+/m1/s1. The van der Waals surface area contributed by atoms with Crippen LogP contribution in [-0.2, 0) is 144 Å². The van der Waals surface area contributed by atoms with Crippen LogP contribution in [0.4, 0.5) is 0 Å². The van der Waals surface area contributed by atoms with Gasteiger partial charge >= 0.3 is 29.8 Å². The van der Waals surface area contributed by atoms with E-state index in [-0.39, 0.29) is 39.6 Å². The molecule has 0 unspecified atom stereocenters. The fourth-order valence-electron chi connectivity index (χ4n) is 10.9. The molecule has 0 bridgehead atoms. The number of carbonyl (C=O) groups is 5. The Bertz CT molecular complexity index is 3020. The van der Waals surface area contributed by atoms with E-state index in [0.29, 0.717) is 0 Å². The Morgan fingerprint density at radius 3 is 0.904 bits per heavy atom. The van der Waals surface area contributed by atoms with Gasteiger partial charge < -0.3 is 80.5 Å². The van der Waals surface area contributed by atoms with Crippen LogP contribution in [0.15, 0.2) is 182 Å². The summed E-state index contributed by atoms with van der Waals surface area (Å²) in [5.41, 5.74) is 5.00. The summed E-state index contributed by atoms with van der Waals surface area (Å²) in [4.78, 5) is 66.1. The van der Waals surface area contributed by atoms with Gasteiger partial charge in [-0.1, -0.05) is 182 Å². The molecule has 6 aromatic rings. The van der Waals surface area contributed by atoms with Crippen LogP contribution in [0.25, 0.3) is 0 Å². The lowest BCUT2D eigenvalue weighted by Crippen LogP contribution is -2.63. The lowest BCUT2D eigenvalue weighted by Gasteiger charge is -2.46. The predicted molar refractivity (Wildman–Crippen MR) is 336 cm³/mol. The molecule has 0 aliphatic carbocycles. The first kappa shape index (κ1) is 72.0. The van der Waals surface area contributed by atoms with Crippen LogP contribution < -0.4 is 0 Å². The van der Waals surface area contributed by atoms with Gasteiger partial charge in [0.05, 0.1) is 52.9 Å². The van der Waals surface area contributed by atoms with Crippen molar-refractivity contribution in [3.8, 4) is 0 Å². The summed E-state index contributed by atoms with van der Waals surface area (Å²) in [6.07, 6.45) is -20.1. The Morgan fingerprint density at radius 1 is 0.340 bits per heavy atom. The van der Waals surface area contributed by atoms with Gasteiger partial charge in [-0.25, -0.2) is 0 Å². The monoisotopic (exact) mass is 1300 g/mol. The minimum Gasteiger partial charge on any atom is -0.462 e. The van der Waals surface area contributed by atoms with Gasteiger partial charge in [0, 0.05) is 48.8 Å². The van der Waals surface area contributed by atoms with Crippen molar-refractivity contribution in [2.24, 2.45) is 0 Å². The van der Waals surface area contributed by atoms with Crippen molar-refractivity contribution in [3.63, 3.8) is 0 Å². The molecule has 6 aromatic carbocycles. The van der Waals surface area contributed by atoms with Crippen molar-refractivity contribution < 1.29 is 104 Å². The van der Waals surface area contributed by atoms with Crippen molar-refractivity contribution in [1.82, 2.24) is 0 Å². The molecule has 2 aliphatic heterocycles. The second-order valence-electron chi connectivity index (χ2n) is 22.3. The molecule has 2 aliphatic rings. The molecule has 8 rings (SSSR count). The molecule has 94 heavy (non-hydrogen) atoms. The van der Waals surface area contributed by atoms with E-state index < -0.39 is 142 Å². The van der Waals surface area contributed by atoms with Gasteiger partial charge in [0.2, 0.25) is 0 Å². The molecule has 0 radical (unpaired) electrons. The van der Waals surface area contributed by atoms with Crippen LogP contribution in [0.5, 0.6) is 0 Å². The highest BCUT2D eigenvalue weighted by Crippen LogP contribution is 2.35. The van der Waals surface area contributed by atoms with Crippen LogP contribution >= 0.6 is 0 Å². The quantitative estimate of drug-likeness (QED) is 0.0202. The molecule has 14 atom stereocenters. The Morgan fingerprint density at radius 2 is 0.617 bits per heavy atom. The number of benzene rings is 6. The average Bonchev–Trinajstić information content (AvgIpc) is 0.806. The number of carbonyl (C=O) groups excluding carboxylic acids is 5. The summed E-state index contributed by atoms with van der Waals surface area (Å²) >= 11 is 0. The molecular weight excluding hydrogens is 1220 g/mol. The van der Waals surface area contributed by atoms with Gasteiger partial charge in [0.15, 0.2) is 43.3 Å². The predicted octanol–water partition coefficient (Wildman–Crippen LogP) is 8.89. The summed E-state index contributed by atoms with van der Waals surface area (Å²) in [7, 11) is 2.92. The number of methoxy groups -OCH3 is 2. The average molecular weight is 1300 g/mol. The molecule has 22 heteroatoms. The summed E-state index contributed by atoms with van der Waals surface area (Å²) < 4.78 is 110. The van der Waals surface area contributed by atoms with Crippen molar-refractivity contribution in [2.45, 2.75) is 166 Å². The largest absolute Gasteiger partial charge is 0.462 e. The Labute approximate surface area is 548 Å². The molecule has 0 amide bonds. The molecule has 0 N–H and O–H groups in total. The number of hydrogen-bond acceptors (Lipinski definition) is 22. The third-order valence-corrected chi connectivity index (χ3v) is 15.2. The first-order chi connectivity index (χ1) is 45.7. The Hall–Kier alpha value is -7.81. The van der Waals surface area contributed by atoms with E-state index >= 15 is 0 Å². The van der Waals surface area contributed by atoms with E-state index in [1.807, 2.05) is 182 Å². The second-order valence-corrected chi connectivity index (χ2v) is 22.3. The summed E-state index contributed by atoms with van der Waals surface area (Å²) in [5, 5.41) is 0. The van der Waals surface area contributed by atoms with Crippen LogP contribution in [0, 0.1) is 0 Å². The number of ether oxygens (including phenoxy) is 17. The van der Waals surface area contributed by atoms with E-state index in [1.165, 1.54) is 14.2 Å². The SMILES string of the molecule is CO[C@H]1O[C@H](COC(OC[C@H]2O[C@H](OC)[C@H](OCc3ccccc3)[C@@H](OCc3ccccc3)[C@@H]2OCc2ccccc2)[C@@H](OC(C)=O)[C@H](OC(C)=O)[C@@H](OC(C)=O)[C@H](COC(C)=O)OC(C)=O)[C@@H](OCc2ccccc2)[C@H](OCc2ccccc2)[C@H]1OCc1ccccc1. The third kappa shape index (κ3) is 22.4. The summed E-state index contributed by atoms with van der Waals surface area (Å²) in [6.45, 7) is 4.11. The first-order valence-electron chi connectivity index (χ1n) is 31.0. The van der Waals surface area contributed by atoms with Crippen molar-refractivity contribution in [2.75, 3.05) is 34.0 Å². The molecule has 0 spiro atoms. The molecule has 2 fully saturated rings. The van der Waals surface area contributed by atoms with Crippen molar-refractivity contribution in [1.29, 1.82) is 0 Å².